The van der Waals surface area contributed by atoms with Gasteiger partial charge in [0, 0.05) is 18.6 Å². The number of hydrogen-bond donors (Lipinski definition) is 0. The quantitative estimate of drug-likeness (QED) is 0.797. The van der Waals surface area contributed by atoms with Crippen LogP contribution in [0.3, 0.4) is 0 Å². The lowest BCUT2D eigenvalue weighted by molar-refractivity contribution is 0.160. The minimum atomic E-state index is 0.146. The molecule has 0 spiro atoms. The van der Waals surface area contributed by atoms with E-state index in [4.69, 9.17) is 28.6 Å². The molecule has 1 aromatic carbocycles. The predicted octanol–water partition coefficient (Wildman–Crippen LogP) is 2.66. The summed E-state index contributed by atoms with van der Waals surface area (Å²) in [5, 5.41) is 0.685. The standard InChI is InChI=1S/C14H19ClN2OS/c1-16(2)7-6-11-9-17(3)14(19)12-8-10(15)4-5-13(12)18-11/h4-5,8,11H,6-7,9H2,1-3H3. The van der Waals surface area contributed by atoms with Crippen LogP contribution in [0.5, 0.6) is 5.75 Å². The molecule has 0 saturated heterocycles. The van der Waals surface area contributed by atoms with E-state index in [2.05, 4.69) is 23.9 Å². The summed E-state index contributed by atoms with van der Waals surface area (Å²) in [5.41, 5.74) is 0.914. The SMILES string of the molecule is CN(C)CCC1CN(C)C(=S)c2cc(Cl)ccc2O1. The van der Waals surface area contributed by atoms with Gasteiger partial charge in [0.05, 0.1) is 12.1 Å². The third-order valence-electron chi connectivity index (χ3n) is 3.19. The Balaban J connectivity index is 2.22. The lowest BCUT2D eigenvalue weighted by Gasteiger charge is -2.22. The van der Waals surface area contributed by atoms with Gasteiger partial charge in [-0.25, -0.2) is 0 Å². The second kappa shape index (κ2) is 6.07. The maximum absolute atomic E-state index is 6.09. The van der Waals surface area contributed by atoms with Crippen LogP contribution >= 0.6 is 23.8 Å². The van der Waals surface area contributed by atoms with Gasteiger partial charge in [-0.1, -0.05) is 23.8 Å². The molecule has 5 heteroatoms. The van der Waals surface area contributed by atoms with E-state index in [9.17, 15) is 0 Å². The van der Waals surface area contributed by atoms with Crippen LogP contribution in [0.1, 0.15) is 12.0 Å². The van der Waals surface area contributed by atoms with E-state index in [0.717, 1.165) is 35.8 Å². The van der Waals surface area contributed by atoms with Gasteiger partial charge >= 0.3 is 0 Å². The van der Waals surface area contributed by atoms with Crippen molar-refractivity contribution in [2.24, 2.45) is 0 Å². The molecule has 19 heavy (non-hydrogen) atoms. The van der Waals surface area contributed by atoms with E-state index in [1.54, 1.807) is 0 Å². The van der Waals surface area contributed by atoms with E-state index < -0.39 is 0 Å². The number of hydrogen-bond acceptors (Lipinski definition) is 3. The number of likely N-dealkylation sites (N-methyl/N-ethyl adjacent to an activating group) is 1. The third kappa shape index (κ3) is 3.59. The average Bonchev–Trinajstić information content (AvgIpc) is 2.47. The molecule has 1 aliphatic heterocycles. The van der Waals surface area contributed by atoms with E-state index in [0.29, 0.717) is 5.02 Å². The van der Waals surface area contributed by atoms with Crippen molar-refractivity contribution in [1.29, 1.82) is 0 Å². The van der Waals surface area contributed by atoms with Crippen LogP contribution in [0.25, 0.3) is 0 Å². The van der Waals surface area contributed by atoms with Gasteiger partial charge in [0.2, 0.25) is 0 Å². The molecule has 1 aliphatic rings. The van der Waals surface area contributed by atoms with Gasteiger partial charge in [0.15, 0.2) is 0 Å². The molecule has 3 nitrogen and oxygen atoms in total. The van der Waals surface area contributed by atoms with E-state index in [-0.39, 0.29) is 6.10 Å². The Kier molecular flexibility index (Phi) is 4.66. The predicted molar refractivity (Wildman–Crippen MR) is 83.4 cm³/mol. The first kappa shape index (κ1) is 14.6. The number of rotatable bonds is 3. The largest absolute Gasteiger partial charge is 0.488 e. The van der Waals surface area contributed by atoms with Crippen LogP contribution in [0.15, 0.2) is 18.2 Å². The van der Waals surface area contributed by atoms with Crippen LogP contribution < -0.4 is 4.74 Å². The highest BCUT2D eigenvalue weighted by molar-refractivity contribution is 7.80. The second-order valence-corrected chi connectivity index (χ2v) is 5.98. The lowest BCUT2D eigenvalue weighted by atomic mass is 10.2. The first-order chi connectivity index (χ1) is 8.97. The molecule has 104 valence electrons. The summed E-state index contributed by atoms with van der Waals surface area (Å²) in [6.07, 6.45) is 1.12. The molecule has 0 saturated carbocycles. The van der Waals surface area contributed by atoms with E-state index in [1.807, 2.05) is 25.2 Å². The van der Waals surface area contributed by atoms with Crippen LogP contribution in [0, 0.1) is 0 Å². The number of thiocarbonyl (C=S) groups is 1. The summed E-state index contributed by atoms with van der Waals surface area (Å²) in [6, 6.07) is 5.63. The highest BCUT2D eigenvalue weighted by Gasteiger charge is 2.24. The van der Waals surface area contributed by atoms with Crippen LogP contribution in [-0.2, 0) is 0 Å². The van der Waals surface area contributed by atoms with Crippen molar-refractivity contribution in [3.8, 4) is 5.75 Å². The second-order valence-electron chi connectivity index (χ2n) is 5.16. The summed E-state index contributed by atoms with van der Waals surface area (Å²) >= 11 is 11.5. The average molecular weight is 299 g/mol. The molecule has 0 aromatic heterocycles. The van der Waals surface area contributed by atoms with Crippen molar-refractivity contribution in [2.45, 2.75) is 12.5 Å². The Labute approximate surface area is 125 Å². The van der Waals surface area contributed by atoms with Gasteiger partial charge in [0.1, 0.15) is 16.8 Å². The topological polar surface area (TPSA) is 15.7 Å². The number of ether oxygens (including phenoxy) is 1. The number of nitrogens with zero attached hydrogens (tertiary/aromatic N) is 2. The molecular weight excluding hydrogens is 280 g/mol. The molecule has 0 fully saturated rings. The minimum Gasteiger partial charge on any atom is -0.488 e. The molecule has 1 unspecified atom stereocenters. The number of benzene rings is 1. The first-order valence-electron chi connectivity index (χ1n) is 6.34. The minimum absolute atomic E-state index is 0.146. The zero-order valence-corrected chi connectivity index (χ0v) is 13.1. The molecule has 1 heterocycles. The van der Waals surface area contributed by atoms with Crippen molar-refractivity contribution in [3.05, 3.63) is 28.8 Å². The number of halogens is 1. The van der Waals surface area contributed by atoms with Gasteiger partial charge in [-0.05, 0) is 38.7 Å². The molecule has 2 rings (SSSR count). The first-order valence-corrected chi connectivity index (χ1v) is 7.12. The lowest BCUT2D eigenvalue weighted by Crippen LogP contribution is -2.35. The maximum atomic E-state index is 6.09. The maximum Gasteiger partial charge on any atom is 0.130 e. The van der Waals surface area contributed by atoms with E-state index >= 15 is 0 Å². The Bertz CT molecular complexity index is 479. The fourth-order valence-corrected chi connectivity index (χ4v) is 2.54. The zero-order valence-electron chi connectivity index (χ0n) is 11.5. The highest BCUT2D eigenvalue weighted by Crippen LogP contribution is 2.28. The van der Waals surface area contributed by atoms with Crippen molar-refractivity contribution in [2.75, 3.05) is 34.2 Å². The molecule has 0 bridgehead atoms. The Hall–Kier alpha value is -0.840. The molecule has 0 radical (unpaired) electrons. The highest BCUT2D eigenvalue weighted by atomic mass is 35.5. The smallest absolute Gasteiger partial charge is 0.130 e. The van der Waals surface area contributed by atoms with Gasteiger partial charge in [0.25, 0.3) is 0 Å². The molecule has 1 atom stereocenters. The monoisotopic (exact) mass is 298 g/mol. The fraction of sp³-hybridized carbons (Fsp3) is 0.500. The Morgan fingerprint density at radius 1 is 1.47 bits per heavy atom. The summed E-state index contributed by atoms with van der Waals surface area (Å²) in [6.45, 7) is 1.80. The van der Waals surface area contributed by atoms with Gasteiger partial charge in [-0.3, -0.25) is 0 Å². The van der Waals surface area contributed by atoms with Crippen molar-refractivity contribution in [1.82, 2.24) is 9.80 Å². The summed E-state index contributed by atoms with van der Waals surface area (Å²) in [7, 11) is 6.14. The zero-order chi connectivity index (χ0) is 14.0. The van der Waals surface area contributed by atoms with Crippen molar-refractivity contribution >= 4 is 28.8 Å². The summed E-state index contributed by atoms with van der Waals surface area (Å²) in [4.78, 5) is 5.03. The normalized spacial score (nSPS) is 19.1. The van der Waals surface area contributed by atoms with Crippen LogP contribution in [-0.4, -0.2) is 55.1 Å². The third-order valence-corrected chi connectivity index (χ3v) is 3.95. The molecule has 0 amide bonds. The van der Waals surface area contributed by atoms with Crippen LogP contribution in [0.2, 0.25) is 5.02 Å². The van der Waals surface area contributed by atoms with Gasteiger partial charge in [-0.2, -0.15) is 0 Å². The van der Waals surface area contributed by atoms with E-state index in [1.165, 1.54) is 0 Å². The Morgan fingerprint density at radius 3 is 2.89 bits per heavy atom. The molecule has 0 aliphatic carbocycles. The van der Waals surface area contributed by atoms with Crippen LogP contribution in [0.4, 0.5) is 0 Å². The number of fused-ring (bicyclic) bond motifs is 1. The molecule has 1 aromatic rings. The molecular formula is C14H19ClN2OS. The van der Waals surface area contributed by atoms with Crippen molar-refractivity contribution < 1.29 is 4.74 Å². The van der Waals surface area contributed by atoms with Crippen molar-refractivity contribution in [3.63, 3.8) is 0 Å². The summed E-state index contributed by atoms with van der Waals surface area (Å²) in [5.74, 6) is 0.836. The summed E-state index contributed by atoms with van der Waals surface area (Å²) < 4.78 is 6.09. The van der Waals surface area contributed by atoms with Gasteiger partial charge in [-0.15, -0.1) is 0 Å². The fourth-order valence-electron chi connectivity index (χ4n) is 2.14. The van der Waals surface area contributed by atoms with Gasteiger partial charge < -0.3 is 14.5 Å². The Morgan fingerprint density at radius 2 is 2.21 bits per heavy atom. The molecule has 0 N–H and O–H groups in total.